The molecular formula is C17H18FNO. The van der Waals surface area contributed by atoms with Crippen molar-refractivity contribution >= 4 is 0 Å². The first-order valence-corrected chi connectivity index (χ1v) is 6.85. The Labute approximate surface area is 118 Å². The van der Waals surface area contributed by atoms with Crippen molar-refractivity contribution in [2.24, 2.45) is 5.73 Å². The van der Waals surface area contributed by atoms with Crippen LogP contribution < -0.4 is 10.5 Å². The van der Waals surface area contributed by atoms with Crippen LogP contribution in [0.4, 0.5) is 4.39 Å². The molecule has 0 aliphatic carbocycles. The third kappa shape index (κ3) is 2.41. The van der Waals surface area contributed by atoms with E-state index in [-0.39, 0.29) is 5.82 Å². The van der Waals surface area contributed by atoms with Crippen molar-refractivity contribution < 1.29 is 9.13 Å². The molecule has 0 aromatic heterocycles. The Morgan fingerprint density at radius 3 is 2.85 bits per heavy atom. The van der Waals surface area contributed by atoms with E-state index >= 15 is 0 Å². The second-order valence-electron chi connectivity index (χ2n) is 5.62. The minimum Gasteiger partial charge on any atom is -0.493 e. The Bertz CT molecular complexity index is 637. The van der Waals surface area contributed by atoms with Crippen molar-refractivity contribution in [2.75, 3.05) is 6.61 Å². The molecule has 1 atom stereocenters. The predicted octanol–water partition coefficient (Wildman–Crippen LogP) is 3.18. The number of nitrogens with two attached hydrogens (primary N) is 1. The maximum Gasteiger partial charge on any atom is 0.127 e. The third-order valence-corrected chi connectivity index (χ3v) is 3.79. The lowest BCUT2D eigenvalue weighted by Gasteiger charge is -2.27. The van der Waals surface area contributed by atoms with Gasteiger partial charge >= 0.3 is 0 Å². The van der Waals surface area contributed by atoms with E-state index in [0.717, 1.165) is 23.3 Å². The fourth-order valence-electron chi connectivity index (χ4n) is 2.83. The Hall–Kier alpha value is -1.87. The van der Waals surface area contributed by atoms with Crippen LogP contribution in [-0.4, -0.2) is 6.61 Å². The van der Waals surface area contributed by atoms with Gasteiger partial charge in [-0.1, -0.05) is 30.3 Å². The van der Waals surface area contributed by atoms with E-state index in [4.69, 9.17) is 10.5 Å². The number of benzene rings is 2. The minimum absolute atomic E-state index is 0.229. The van der Waals surface area contributed by atoms with E-state index in [1.807, 2.05) is 25.1 Å². The van der Waals surface area contributed by atoms with Gasteiger partial charge in [-0.25, -0.2) is 4.39 Å². The van der Waals surface area contributed by atoms with E-state index in [1.165, 1.54) is 17.7 Å². The van der Waals surface area contributed by atoms with Crippen molar-refractivity contribution in [3.63, 3.8) is 0 Å². The molecule has 2 nitrogen and oxygen atoms in total. The summed E-state index contributed by atoms with van der Waals surface area (Å²) in [5.41, 5.74) is 9.01. The van der Waals surface area contributed by atoms with Gasteiger partial charge in [-0.3, -0.25) is 0 Å². The number of hydrogen-bond donors (Lipinski definition) is 1. The lowest BCUT2D eigenvalue weighted by molar-refractivity contribution is 0.342. The Balaban J connectivity index is 1.94. The fraction of sp³-hybridized carbons (Fsp3) is 0.294. The molecule has 0 radical (unpaired) electrons. The first-order valence-electron chi connectivity index (χ1n) is 6.85. The molecule has 1 aliphatic rings. The number of fused-ring (bicyclic) bond motifs is 1. The van der Waals surface area contributed by atoms with Crippen LogP contribution in [0.25, 0.3) is 0 Å². The maximum absolute atomic E-state index is 13.3. The number of rotatable bonds is 3. The number of para-hydroxylation sites is 1. The topological polar surface area (TPSA) is 35.2 Å². The molecule has 0 saturated carbocycles. The maximum atomic E-state index is 13.3. The zero-order chi connectivity index (χ0) is 14.2. The second-order valence-corrected chi connectivity index (χ2v) is 5.62. The van der Waals surface area contributed by atoms with Crippen molar-refractivity contribution in [3.05, 3.63) is 65.0 Å². The van der Waals surface area contributed by atoms with Crippen molar-refractivity contribution in [3.8, 4) is 5.75 Å². The first kappa shape index (κ1) is 13.1. The first-order chi connectivity index (χ1) is 9.56. The highest BCUT2D eigenvalue weighted by Crippen LogP contribution is 2.36. The van der Waals surface area contributed by atoms with E-state index < -0.39 is 5.54 Å². The van der Waals surface area contributed by atoms with Crippen LogP contribution in [0.15, 0.2) is 42.5 Å². The van der Waals surface area contributed by atoms with Gasteiger partial charge in [0.05, 0.1) is 6.61 Å². The number of ether oxygens (including phenoxy) is 1. The van der Waals surface area contributed by atoms with E-state index in [2.05, 4.69) is 6.07 Å². The standard InChI is InChI=1S/C17H18FNO/c1-17(19,11-12-4-2-6-14(18)10-12)15-7-3-5-13-8-9-20-16(13)15/h2-7,10H,8-9,11,19H2,1H3. The summed E-state index contributed by atoms with van der Waals surface area (Å²) in [6, 6.07) is 12.7. The van der Waals surface area contributed by atoms with Crippen LogP contribution in [0, 0.1) is 5.82 Å². The summed E-state index contributed by atoms with van der Waals surface area (Å²) in [5, 5.41) is 0. The van der Waals surface area contributed by atoms with E-state index in [0.29, 0.717) is 13.0 Å². The summed E-state index contributed by atoms with van der Waals surface area (Å²) in [4.78, 5) is 0. The molecule has 0 fully saturated rings. The summed E-state index contributed by atoms with van der Waals surface area (Å²) in [7, 11) is 0. The van der Waals surface area contributed by atoms with Gasteiger partial charge in [-0.05, 0) is 36.6 Å². The predicted molar refractivity (Wildman–Crippen MR) is 77.3 cm³/mol. The molecule has 20 heavy (non-hydrogen) atoms. The average Bonchev–Trinajstić information content (AvgIpc) is 2.85. The highest BCUT2D eigenvalue weighted by Gasteiger charge is 2.28. The summed E-state index contributed by atoms with van der Waals surface area (Å²) in [6.45, 7) is 2.68. The van der Waals surface area contributed by atoms with Crippen molar-refractivity contribution in [1.82, 2.24) is 0 Å². The lowest BCUT2D eigenvalue weighted by Crippen LogP contribution is -2.35. The van der Waals surface area contributed by atoms with Gasteiger partial charge in [-0.15, -0.1) is 0 Å². The zero-order valence-electron chi connectivity index (χ0n) is 11.5. The molecule has 2 aromatic rings. The van der Waals surface area contributed by atoms with Crippen LogP contribution >= 0.6 is 0 Å². The van der Waals surface area contributed by atoms with Gasteiger partial charge in [0.2, 0.25) is 0 Å². The summed E-state index contributed by atoms with van der Waals surface area (Å²) in [5.74, 6) is 0.682. The molecule has 0 bridgehead atoms. The van der Waals surface area contributed by atoms with Gasteiger partial charge < -0.3 is 10.5 Å². The summed E-state index contributed by atoms with van der Waals surface area (Å²) < 4.78 is 19.0. The molecule has 2 aromatic carbocycles. The van der Waals surface area contributed by atoms with Gasteiger partial charge in [-0.2, -0.15) is 0 Å². The minimum atomic E-state index is -0.580. The van der Waals surface area contributed by atoms with Crippen LogP contribution in [0.1, 0.15) is 23.6 Å². The molecule has 2 N–H and O–H groups in total. The Morgan fingerprint density at radius 1 is 1.25 bits per heavy atom. The average molecular weight is 271 g/mol. The quantitative estimate of drug-likeness (QED) is 0.930. The van der Waals surface area contributed by atoms with Crippen LogP contribution in [0.5, 0.6) is 5.75 Å². The van der Waals surface area contributed by atoms with Crippen LogP contribution in [-0.2, 0) is 18.4 Å². The molecule has 0 amide bonds. The van der Waals surface area contributed by atoms with Crippen LogP contribution in [0.3, 0.4) is 0 Å². The Morgan fingerprint density at radius 2 is 2.05 bits per heavy atom. The zero-order valence-corrected chi connectivity index (χ0v) is 11.5. The summed E-state index contributed by atoms with van der Waals surface area (Å²) in [6.07, 6.45) is 1.50. The van der Waals surface area contributed by atoms with Crippen molar-refractivity contribution in [2.45, 2.75) is 25.3 Å². The molecule has 1 heterocycles. The highest BCUT2D eigenvalue weighted by molar-refractivity contribution is 5.48. The van der Waals surface area contributed by atoms with E-state index in [9.17, 15) is 4.39 Å². The van der Waals surface area contributed by atoms with Crippen molar-refractivity contribution in [1.29, 1.82) is 0 Å². The SMILES string of the molecule is CC(N)(Cc1cccc(F)c1)c1cccc2c1OCC2. The Kier molecular flexibility index (Phi) is 3.22. The van der Waals surface area contributed by atoms with Gasteiger partial charge in [0.25, 0.3) is 0 Å². The third-order valence-electron chi connectivity index (χ3n) is 3.79. The monoisotopic (exact) mass is 271 g/mol. The highest BCUT2D eigenvalue weighted by atomic mass is 19.1. The molecule has 3 rings (SSSR count). The number of hydrogen-bond acceptors (Lipinski definition) is 2. The van der Waals surface area contributed by atoms with Crippen LogP contribution in [0.2, 0.25) is 0 Å². The van der Waals surface area contributed by atoms with Gasteiger partial charge in [0, 0.05) is 17.5 Å². The molecular weight excluding hydrogens is 253 g/mol. The molecule has 1 unspecified atom stereocenters. The van der Waals surface area contributed by atoms with Gasteiger partial charge in [0.1, 0.15) is 11.6 Å². The normalized spacial score (nSPS) is 16.4. The molecule has 104 valence electrons. The van der Waals surface area contributed by atoms with E-state index in [1.54, 1.807) is 6.07 Å². The molecule has 1 aliphatic heterocycles. The molecule has 0 saturated heterocycles. The molecule has 0 spiro atoms. The lowest BCUT2D eigenvalue weighted by atomic mass is 9.85. The molecule has 3 heteroatoms. The second kappa shape index (κ2) is 4.91. The van der Waals surface area contributed by atoms with Gasteiger partial charge in [0.15, 0.2) is 0 Å². The fourth-order valence-corrected chi connectivity index (χ4v) is 2.83. The number of halogens is 1. The summed E-state index contributed by atoms with van der Waals surface area (Å²) >= 11 is 0. The largest absolute Gasteiger partial charge is 0.493 e. The smallest absolute Gasteiger partial charge is 0.127 e.